The quantitative estimate of drug-likeness (QED) is 0.516. The van der Waals surface area contributed by atoms with Crippen molar-refractivity contribution in [3.8, 4) is 16.6 Å². The van der Waals surface area contributed by atoms with Crippen molar-refractivity contribution in [1.29, 1.82) is 5.26 Å². The molecule has 0 aliphatic rings. The summed E-state index contributed by atoms with van der Waals surface area (Å²) in [5, 5.41) is 15.3. The van der Waals surface area contributed by atoms with Gasteiger partial charge >= 0.3 is 0 Å². The lowest BCUT2D eigenvalue weighted by Gasteiger charge is -2.03. The molecule has 1 N–H and O–H groups in total. The lowest BCUT2D eigenvalue weighted by molar-refractivity contribution is -0.117. The fourth-order valence-corrected chi connectivity index (χ4v) is 3.16. The molecule has 0 spiro atoms. The Kier molecular flexibility index (Phi) is 5.80. The third kappa shape index (κ3) is 4.57. The molecule has 1 aromatic heterocycles. The predicted octanol–water partition coefficient (Wildman–Crippen LogP) is 4.69. The maximum atomic E-state index is 12.2. The maximum Gasteiger partial charge on any atom is 0.262 e. The van der Waals surface area contributed by atoms with Crippen molar-refractivity contribution in [1.82, 2.24) is 10.3 Å². The summed E-state index contributed by atoms with van der Waals surface area (Å²) < 4.78 is 0. The molecular weight excluding hydrogens is 366 g/mol. The van der Waals surface area contributed by atoms with Crippen LogP contribution in [0.25, 0.3) is 16.6 Å². The third-order valence-corrected chi connectivity index (χ3v) is 4.73. The highest BCUT2D eigenvalue weighted by molar-refractivity contribution is 7.13. The highest BCUT2D eigenvalue weighted by atomic mass is 35.5. The van der Waals surface area contributed by atoms with Gasteiger partial charge in [0.05, 0.1) is 5.69 Å². The molecule has 0 saturated heterocycles. The van der Waals surface area contributed by atoms with E-state index >= 15 is 0 Å². The van der Waals surface area contributed by atoms with Crippen LogP contribution in [0.2, 0.25) is 5.02 Å². The van der Waals surface area contributed by atoms with Crippen LogP contribution in [-0.2, 0) is 11.3 Å². The number of hydrogen-bond acceptors (Lipinski definition) is 4. The maximum absolute atomic E-state index is 12.2. The molecule has 0 aliphatic carbocycles. The van der Waals surface area contributed by atoms with E-state index in [9.17, 15) is 10.1 Å². The summed E-state index contributed by atoms with van der Waals surface area (Å²) in [6.45, 7) is 0.367. The monoisotopic (exact) mass is 379 g/mol. The van der Waals surface area contributed by atoms with Crippen LogP contribution >= 0.6 is 22.9 Å². The third-order valence-electron chi connectivity index (χ3n) is 3.57. The topological polar surface area (TPSA) is 65.8 Å². The van der Waals surface area contributed by atoms with E-state index in [0.717, 1.165) is 16.1 Å². The minimum absolute atomic E-state index is 0.0221. The summed E-state index contributed by atoms with van der Waals surface area (Å²) in [6, 6.07) is 18.8. The molecule has 1 amide bonds. The Hall–Kier alpha value is -2.94. The molecule has 0 saturated carbocycles. The fraction of sp³-hybridized carbons (Fsp3) is 0.0500. The number of nitriles is 1. The van der Waals surface area contributed by atoms with E-state index in [0.29, 0.717) is 17.3 Å². The number of carbonyl (C=O) groups excluding carboxylic acids is 1. The average Bonchev–Trinajstić information content (AvgIpc) is 3.14. The minimum Gasteiger partial charge on any atom is -0.347 e. The second-order valence-electron chi connectivity index (χ2n) is 5.42. The molecular formula is C20H14ClN3OS. The normalized spacial score (nSPS) is 11.0. The Labute approximate surface area is 160 Å². The van der Waals surface area contributed by atoms with E-state index in [4.69, 9.17) is 11.6 Å². The zero-order valence-electron chi connectivity index (χ0n) is 13.6. The van der Waals surface area contributed by atoms with E-state index in [2.05, 4.69) is 10.3 Å². The first-order valence-corrected chi connectivity index (χ1v) is 9.07. The van der Waals surface area contributed by atoms with Crippen LogP contribution in [0.1, 0.15) is 11.3 Å². The van der Waals surface area contributed by atoms with Crippen molar-refractivity contribution >= 4 is 34.9 Å². The largest absolute Gasteiger partial charge is 0.347 e. The minimum atomic E-state index is -0.419. The van der Waals surface area contributed by atoms with Crippen molar-refractivity contribution in [3.05, 3.63) is 81.8 Å². The number of hydrogen-bond donors (Lipinski definition) is 1. The van der Waals surface area contributed by atoms with Gasteiger partial charge in [-0.15, -0.1) is 11.3 Å². The average molecular weight is 380 g/mol. The first-order chi connectivity index (χ1) is 12.7. The summed E-state index contributed by atoms with van der Waals surface area (Å²) in [7, 11) is 0. The van der Waals surface area contributed by atoms with Gasteiger partial charge in [-0.25, -0.2) is 4.98 Å². The summed E-state index contributed by atoms with van der Waals surface area (Å²) in [4.78, 5) is 16.7. The molecule has 0 radical (unpaired) electrons. The van der Waals surface area contributed by atoms with Gasteiger partial charge in [-0.2, -0.15) is 5.26 Å². The summed E-state index contributed by atoms with van der Waals surface area (Å²) >= 11 is 7.34. The number of carbonyl (C=O) groups is 1. The lowest BCUT2D eigenvalue weighted by Crippen LogP contribution is -2.23. The molecule has 2 aromatic carbocycles. The van der Waals surface area contributed by atoms with E-state index in [1.807, 2.05) is 53.9 Å². The summed E-state index contributed by atoms with van der Waals surface area (Å²) in [5.74, 6) is -0.419. The van der Waals surface area contributed by atoms with Crippen molar-refractivity contribution in [2.24, 2.45) is 0 Å². The molecule has 26 heavy (non-hydrogen) atoms. The van der Waals surface area contributed by atoms with Gasteiger partial charge in [-0.05, 0) is 23.8 Å². The highest BCUT2D eigenvalue weighted by Crippen LogP contribution is 2.25. The van der Waals surface area contributed by atoms with E-state index in [1.165, 1.54) is 17.4 Å². The van der Waals surface area contributed by atoms with Gasteiger partial charge in [0.25, 0.3) is 5.91 Å². The number of aromatic nitrogens is 1. The number of halogens is 1. The van der Waals surface area contributed by atoms with Crippen molar-refractivity contribution in [2.75, 3.05) is 0 Å². The number of rotatable bonds is 5. The summed E-state index contributed by atoms with van der Waals surface area (Å²) in [6.07, 6.45) is 1.50. The SMILES string of the molecule is N#C/C(=C\c1csc(-c2ccc(Cl)cc2)n1)C(=O)NCc1ccccc1. The van der Waals surface area contributed by atoms with Crippen molar-refractivity contribution < 1.29 is 4.79 Å². The van der Waals surface area contributed by atoms with Crippen LogP contribution in [-0.4, -0.2) is 10.9 Å². The van der Waals surface area contributed by atoms with Gasteiger partial charge in [0.1, 0.15) is 16.6 Å². The predicted molar refractivity (Wildman–Crippen MR) is 104 cm³/mol. The lowest BCUT2D eigenvalue weighted by atomic mass is 10.2. The first kappa shape index (κ1) is 17.9. The van der Waals surface area contributed by atoms with Crippen LogP contribution < -0.4 is 5.32 Å². The van der Waals surface area contributed by atoms with Crippen LogP contribution in [0.15, 0.2) is 65.6 Å². The molecule has 0 fully saturated rings. The Morgan fingerprint density at radius 1 is 1.19 bits per heavy atom. The van der Waals surface area contributed by atoms with Crippen LogP contribution in [0, 0.1) is 11.3 Å². The Bertz CT molecular complexity index is 972. The Morgan fingerprint density at radius 2 is 1.92 bits per heavy atom. The van der Waals surface area contributed by atoms with Crippen molar-refractivity contribution in [3.63, 3.8) is 0 Å². The molecule has 128 valence electrons. The second kappa shape index (κ2) is 8.43. The van der Waals surface area contributed by atoms with Gasteiger partial charge in [-0.1, -0.05) is 54.1 Å². The number of nitrogens with zero attached hydrogens (tertiary/aromatic N) is 2. The van der Waals surface area contributed by atoms with Gasteiger partial charge in [0, 0.05) is 22.5 Å². The Morgan fingerprint density at radius 3 is 2.62 bits per heavy atom. The number of nitrogens with one attached hydrogen (secondary N) is 1. The van der Waals surface area contributed by atoms with Gasteiger partial charge in [0.2, 0.25) is 0 Å². The van der Waals surface area contributed by atoms with Gasteiger partial charge in [-0.3, -0.25) is 4.79 Å². The molecule has 0 aliphatic heterocycles. The molecule has 3 rings (SSSR count). The number of thiazole rings is 1. The highest BCUT2D eigenvalue weighted by Gasteiger charge is 2.10. The van der Waals surface area contributed by atoms with E-state index in [-0.39, 0.29) is 5.57 Å². The second-order valence-corrected chi connectivity index (χ2v) is 6.72. The molecule has 4 nitrogen and oxygen atoms in total. The molecule has 6 heteroatoms. The zero-order chi connectivity index (χ0) is 18.4. The zero-order valence-corrected chi connectivity index (χ0v) is 15.2. The molecule has 3 aromatic rings. The first-order valence-electron chi connectivity index (χ1n) is 7.81. The standard InChI is InChI=1S/C20H14ClN3OS/c21-17-8-6-15(7-9-17)20-24-18(13-26-20)10-16(11-22)19(25)23-12-14-4-2-1-3-5-14/h1-10,13H,12H2,(H,23,25)/b16-10+. The van der Waals surface area contributed by atoms with Gasteiger partial charge < -0.3 is 5.32 Å². The van der Waals surface area contributed by atoms with E-state index < -0.39 is 5.91 Å². The number of benzene rings is 2. The molecule has 0 atom stereocenters. The van der Waals surface area contributed by atoms with Crippen LogP contribution in [0.4, 0.5) is 0 Å². The van der Waals surface area contributed by atoms with Crippen molar-refractivity contribution in [2.45, 2.75) is 6.54 Å². The van der Waals surface area contributed by atoms with Crippen LogP contribution in [0.3, 0.4) is 0 Å². The summed E-state index contributed by atoms with van der Waals surface area (Å²) in [5.41, 5.74) is 2.50. The van der Waals surface area contributed by atoms with E-state index in [1.54, 1.807) is 12.1 Å². The molecule has 0 bridgehead atoms. The molecule has 1 heterocycles. The Balaban J connectivity index is 1.71. The smallest absolute Gasteiger partial charge is 0.262 e. The van der Waals surface area contributed by atoms with Crippen LogP contribution in [0.5, 0.6) is 0 Å². The molecule has 0 unspecified atom stereocenters. The number of amides is 1. The fourth-order valence-electron chi connectivity index (χ4n) is 2.25. The van der Waals surface area contributed by atoms with Gasteiger partial charge in [0.15, 0.2) is 0 Å².